The van der Waals surface area contributed by atoms with E-state index in [4.69, 9.17) is 23.7 Å². The van der Waals surface area contributed by atoms with Gasteiger partial charge in [-0.15, -0.1) is 6.58 Å². The highest BCUT2D eigenvalue weighted by Crippen LogP contribution is 2.28. The minimum atomic E-state index is -1.56. The van der Waals surface area contributed by atoms with Crippen LogP contribution in [0.5, 0.6) is 0 Å². The fraction of sp³-hybridized carbons (Fsp3) is 0.875. The minimum Gasteiger partial charge on any atom is -0.462 e. The van der Waals surface area contributed by atoms with Gasteiger partial charge in [0.05, 0.1) is 24.2 Å². The number of hydrogen-bond acceptors (Lipinski definition) is 10. The number of carbonyl (C=O) groups excluding carboxylic acids is 1. The summed E-state index contributed by atoms with van der Waals surface area (Å²) in [6.07, 6.45) is -0.789. The van der Waals surface area contributed by atoms with Crippen LogP contribution in [0.4, 0.5) is 0 Å². The monoisotopic (exact) mass is 488 g/mol. The molecule has 2 aliphatic rings. The lowest BCUT2D eigenvalue weighted by Gasteiger charge is -2.44. The summed E-state index contributed by atoms with van der Waals surface area (Å²) < 4.78 is 29.1. The molecule has 0 aliphatic carbocycles. The zero-order chi connectivity index (χ0) is 25.7. The van der Waals surface area contributed by atoms with Gasteiger partial charge in [0.25, 0.3) is 0 Å². The van der Waals surface area contributed by atoms with Gasteiger partial charge in [-0.2, -0.15) is 0 Å². The lowest BCUT2D eigenvalue weighted by Crippen LogP contribution is -2.62. The van der Waals surface area contributed by atoms with Crippen molar-refractivity contribution >= 4 is 5.97 Å². The van der Waals surface area contributed by atoms with Gasteiger partial charge in [-0.1, -0.05) is 6.08 Å². The van der Waals surface area contributed by atoms with E-state index in [0.717, 1.165) is 6.42 Å². The first kappa shape index (κ1) is 29.1. The first-order valence-corrected chi connectivity index (χ1v) is 12.0. The number of aliphatic hydroxyl groups excluding tert-OH is 1. The molecule has 0 aromatic carbocycles. The molecule has 10 heteroatoms. The second-order valence-electron chi connectivity index (χ2n) is 10.4. The van der Waals surface area contributed by atoms with Crippen LogP contribution in [0.25, 0.3) is 0 Å². The standard InChI is InChI=1S/C24H44N2O8/c1-9-17(24(6,29)13-31-22(28)23(3,4)5)34-21-19(26-8)20(27)16(12-30-21)33-18-11-10-15(25-7)14(2)32-18/h9,14-21,25-27,29H,1,10-13H2,2-8H3/t14-,15+,16-,17+,18+,19-,20+,21+,24+/m1/s1. The third kappa shape index (κ3) is 7.44. The summed E-state index contributed by atoms with van der Waals surface area (Å²) in [4.78, 5) is 12.1. The van der Waals surface area contributed by atoms with Gasteiger partial charge in [-0.05, 0) is 61.6 Å². The predicted octanol–water partition coefficient (Wildman–Crippen LogP) is 0.701. The van der Waals surface area contributed by atoms with Crippen LogP contribution < -0.4 is 10.6 Å². The number of nitrogens with one attached hydrogen (secondary N) is 2. The Morgan fingerprint density at radius 2 is 1.91 bits per heavy atom. The summed E-state index contributed by atoms with van der Waals surface area (Å²) in [5.74, 6) is -0.437. The third-order valence-corrected chi connectivity index (χ3v) is 6.36. The molecule has 0 aromatic rings. The second-order valence-corrected chi connectivity index (χ2v) is 10.4. The Morgan fingerprint density at radius 1 is 1.24 bits per heavy atom. The number of carbonyl (C=O) groups is 1. The molecule has 2 heterocycles. The molecular formula is C24H44N2O8. The zero-order valence-electron chi connectivity index (χ0n) is 21.6. The first-order chi connectivity index (χ1) is 15.8. The zero-order valence-corrected chi connectivity index (χ0v) is 21.6. The van der Waals surface area contributed by atoms with Gasteiger partial charge in [-0.3, -0.25) is 4.79 Å². The number of rotatable bonds is 10. The molecule has 0 spiro atoms. The van der Waals surface area contributed by atoms with E-state index in [-0.39, 0.29) is 25.4 Å². The van der Waals surface area contributed by atoms with E-state index in [1.54, 1.807) is 27.8 Å². The van der Waals surface area contributed by atoms with Crippen LogP contribution in [0, 0.1) is 5.41 Å². The fourth-order valence-electron chi connectivity index (χ4n) is 4.07. The first-order valence-electron chi connectivity index (χ1n) is 12.0. The number of likely N-dealkylation sites (N-methyl/N-ethyl adjacent to an activating group) is 2. The largest absolute Gasteiger partial charge is 0.462 e. The molecule has 10 nitrogen and oxygen atoms in total. The molecule has 2 fully saturated rings. The van der Waals surface area contributed by atoms with E-state index in [9.17, 15) is 15.0 Å². The van der Waals surface area contributed by atoms with Crippen molar-refractivity contribution in [3.63, 3.8) is 0 Å². The molecule has 198 valence electrons. The topological polar surface area (TPSA) is 128 Å². The summed E-state index contributed by atoms with van der Waals surface area (Å²) in [5, 5.41) is 28.1. The molecule has 0 unspecified atom stereocenters. The summed E-state index contributed by atoms with van der Waals surface area (Å²) >= 11 is 0. The summed E-state index contributed by atoms with van der Waals surface area (Å²) in [5.41, 5.74) is -2.25. The fourth-order valence-corrected chi connectivity index (χ4v) is 4.07. The van der Waals surface area contributed by atoms with Gasteiger partial charge in [-0.25, -0.2) is 0 Å². The normalized spacial score (nSPS) is 35.3. The molecule has 0 saturated carbocycles. The quantitative estimate of drug-likeness (QED) is 0.258. The van der Waals surface area contributed by atoms with Crippen molar-refractivity contribution in [2.45, 2.75) is 102 Å². The van der Waals surface area contributed by atoms with E-state index in [2.05, 4.69) is 17.2 Å². The maximum atomic E-state index is 12.1. The molecule has 0 aromatic heterocycles. The molecule has 0 amide bonds. The molecular weight excluding hydrogens is 444 g/mol. The Hall–Kier alpha value is -1.11. The highest BCUT2D eigenvalue weighted by atomic mass is 16.7. The molecule has 0 bridgehead atoms. The van der Waals surface area contributed by atoms with Crippen LogP contribution in [0.3, 0.4) is 0 Å². The predicted molar refractivity (Wildman–Crippen MR) is 126 cm³/mol. The lowest BCUT2D eigenvalue weighted by molar-refractivity contribution is -0.297. The van der Waals surface area contributed by atoms with Crippen molar-refractivity contribution in [2.75, 3.05) is 27.3 Å². The van der Waals surface area contributed by atoms with Crippen LogP contribution in [-0.2, 0) is 28.5 Å². The van der Waals surface area contributed by atoms with Gasteiger partial charge >= 0.3 is 5.97 Å². The van der Waals surface area contributed by atoms with Crippen molar-refractivity contribution in [3.05, 3.63) is 12.7 Å². The van der Waals surface area contributed by atoms with E-state index >= 15 is 0 Å². The van der Waals surface area contributed by atoms with E-state index in [0.29, 0.717) is 6.42 Å². The van der Waals surface area contributed by atoms with Crippen molar-refractivity contribution < 1.29 is 38.7 Å². The average molecular weight is 489 g/mol. The summed E-state index contributed by atoms with van der Waals surface area (Å²) in [6, 6.07) is -0.373. The second kappa shape index (κ2) is 12.2. The maximum absolute atomic E-state index is 12.1. The molecule has 0 radical (unpaired) electrons. The molecule has 2 rings (SSSR count). The summed E-state index contributed by atoms with van der Waals surface area (Å²) in [6.45, 7) is 12.2. The highest BCUT2D eigenvalue weighted by molar-refractivity contribution is 5.75. The van der Waals surface area contributed by atoms with Crippen LogP contribution in [0.2, 0.25) is 0 Å². The van der Waals surface area contributed by atoms with Crippen LogP contribution in [0.15, 0.2) is 12.7 Å². The van der Waals surface area contributed by atoms with Crippen LogP contribution >= 0.6 is 0 Å². The molecule has 2 saturated heterocycles. The maximum Gasteiger partial charge on any atom is 0.311 e. The molecule has 9 atom stereocenters. The Balaban J connectivity index is 1.97. The summed E-state index contributed by atoms with van der Waals surface area (Å²) in [7, 11) is 3.59. The van der Waals surface area contributed by atoms with E-state index < -0.39 is 53.9 Å². The Kier molecular flexibility index (Phi) is 10.5. The third-order valence-electron chi connectivity index (χ3n) is 6.36. The minimum absolute atomic E-state index is 0.00968. The Labute approximate surface area is 203 Å². The Morgan fingerprint density at radius 3 is 2.44 bits per heavy atom. The molecule has 4 N–H and O–H groups in total. The van der Waals surface area contributed by atoms with Gasteiger partial charge in [0.1, 0.15) is 30.5 Å². The lowest BCUT2D eigenvalue weighted by atomic mass is 9.96. The van der Waals surface area contributed by atoms with Crippen molar-refractivity contribution in [3.8, 4) is 0 Å². The Bertz CT molecular complexity index is 668. The van der Waals surface area contributed by atoms with E-state index in [1.807, 2.05) is 14.0 Å². The number of hydrogen-bond donors (Lipinski definition) is 4. The van der Waals surface area contributed by atoms with Crippen molar-refractivity contribution in [1.82, 2.24) is 10.6 Å². The van der Waals surface area contributed by atoms with Crippen molar-refractivity contribution in [2.24, 2.45) is 5.41 Å². The van der Waals surface area contributed by atoms with Gasteiger partial charge in [0, 0.05) is 6.04 Å². The van der Waals surface area contributed by atoms with Crippen LogP contribution in [0.1, 0.15) is 47.5 Å². The van der Waals surface area contributed by atoms with E-state index in [1.165, 1.54) is 13.0 Å². The smallest absolute Gasteiger partial charge is 0.311 e. The molecule has 2 aliphatic heterocycles. The van der Waals surface area contributed by atoms with Gasteiger partial charge < -0.3 is 44.5 Å². The molecule has 34 heavy (non-hydrogen) atoms. The number of ether oxygens (including phenoxy) is 5. The number of esters is 1. The van der Waals surface area contributed by atoms with Crippen molar-refractivity contribution in [1.29, 1.82) is 0 Å². The number of aliphatic hydroxyl groups is 2. The SMILES string of the molecule is C=C[C@H](O[C@@H]1OC[C@@H](O[C@H]2CC[C@H](NC)[C@@H](C)O2)[C@H](O)[C@H]1NC)[C@@](C)(O)COC(=O)C(C)(C)C. The van der Waals surface area contributed by atoms with Gasteiger partial charge in [0.15, 0.2) is 12.6 Å². The van der Waals surface area contributed by atoms with Crippen LogP contribution in [-0.4, -0.2) is 98.2 Å². The van der Waals surface area contributed by atoms with Gasteiger partial charge in [0.2, 0.25) is 0 Å². The highest BCUT2D eigenvalue weighted by Gasteiger charge is 2.45. The average Bonchev–Trinajstić information content (AvgIpc) is 2.77.